The van der Waals surface area contributed by atoms with Gasteiger partial charge < -0.3 is 11.1 Å². The number of halogens is 2. The Balaban J connectivity index is 2.19. The molecule has 2 rings (SSSR count). The number of benzene rings is 2. The number of carbonyl (C=O) groups is 1. The molecule has 0 atom stereocenters. The summed E-state index contributed by atoms with van der Waals surface area (Å²) in [6.07, 6.45) is 0. The molecule has 0 saturated carbocycles. The Kier molecular flexibility index (Phi) is 4.53. The quantitative estimate of drug-likeness (QED) is 0.896. The maximum absolute atomic E-state index is 11.3. The fourth-order valence-corrected chi connectivity index (χ4v) is 2.42. The Morgan fingerprint density at radius 3 is 2.65 bits per heavy atom. The number of anilines is 1. The lowest BCUT2D eigenvalue weighted by molar-refractivity contribution is 0.1000. The van der Waals surface area contributed by atoms with Crippen LogP contribution in [0.5, 0.6) is 0 Å². The molecule has 1 amide bonds. The zero-order chi connectivity index (χ0) is 14.7. The molecular weight excluding hydrogens is 295 g/mol. The Morgan fingerprint density at radius 2 is 2.00 bits per heavy atom. The van der Waals surface area contributed by atoms with E-state index in [1.807, 2.05) is 19.1 Å². The number of carbonyl (C=O) groups excluding carboxylic acids is 1. The Labute approximate surface area is 127 Å². The first-order chi connectivity index (χ1) is 9.49. The van der Waals surface area contributed by atoms with Gasteiger partial charge in [0.15, 0.2) is 0 Å². The fraction of sp³-hybridized carbons (Fsp3) is 0.133. The molecule has 3 N–H and O–H groups in total. The highest BCUT2D eigenvalue weighted by atomic mass is 35.5. The number of nitrogens with two attached hydrogens (primary N) is 1. The van der Waals surface area contributed by atoms with E-state index in [-0.39, 0.29) is 0 Å². The first-order valence-electron chi connectivity index (χ1n) is 6.06. The van der Waals surface area contributed by atoms with E-state index in [0.29, 0.717) is 22.2 Å². The molecule has 5 heteroatoms. The van der Waals surface area contributed by atoms with Crippen LogP contribution < -0.4 is 11.1 Å². The van der Waals surface area contributed by atoms with Gasteiger partial charge in [0.25, 0.3) is 0 Å². The van der Waals surface area contributed by atoms with Crippen molar-refractivity contribution in [2.24, 2.45) is 5.73 Å². The van der Waals surface area contributed by atoms with Gasteiger partial charge in [-0.2, -0.15) is 0 Å². The predicted octanol–water partition coefficient (Wildman–Crippen LogP) is 4.01. The lowest BCUT2D eigenvalue weighted by atomic mass is 10.1. The number of rotatable bonds is 4. The second kappa shape index (κ2) is 6.16. The van der Waals surface area contributed by atoms with E-state index in [2.05, 4.69) is 5.32 Å². The average Bonchev–Trinajstić information content (AvgIpc) is 2.39. The number of primary amides is 1. The van der Waals surface area contributed by atoms with Crippen LogP contribution in [0.4, 0.5) is 5.69 Å². The maximum Gasteiger partial charge on any atom is 0.249 e. The summed E-state index contributed by atoms with van der Waals surface area (Å²) < 4.78 is 0. The first-order valence-corrected chi connectivity index (χ1v) is 6.82. The zero-order valence-corrected chi connectivity index (χ0v) is 12.4. The van der Waals surface area contributed by atoms with Crippen molar-refractivity contribution >= 4 is 34.8 Å². The molecule has 2 aromatic carbocycles. The molecule has 0 bridgehead atoms. The molecule has 0 heterocycles. The van der Waals surface area contributed by atoms with Crippen molar-refractivity contribution in [3.8, 4) is 0 Å². The van der Waals surface area contributed by atoms with Gasteiger partial charge in [-0.3, -0.25) is 4.79 Å². The van der Waals surface area contributed by atoms with E-state index < -0.39 is 5.91 Å². The third-order valence-electron chi connectivity index (χ3n) is 3.08. The van der Waals surface area contributed by atoms with Crippen LogP contribution in [-0.4, -0.2) is 5.91 Å². The van der Waals surface area contributed by atoms with Gasteiger partial charge in [-0.15, -0.1) is 0 Å². The van der Waals surface area contributed by atoms with Crippen molar-refractivity contribution in [3.63, 3.8) is 0 Å². The molecule has 0 unspecified atom stereocenters. The summed E-state index contributed by atoms with van der Waals surface area (Å²) in [5.41, 5.74) is 8.45. The summed E-state index contributed by atoms with van der Waals surface area (Å²) in [5.74, 6) is -0.435. The standard InChI is InChI=1S/C15H14Cl2N2O/c1-9-12(15(18)20)3-2-4-14(9)19-8-10-5-6-11(16)7-13(10)17/h2-7,19H,8H2,1H3,(H2,18,20). The van der Waals surface area contributed by atoms with Gasteiger partial charge in [0, 0.05) is 27.8 Å². The Morgan fingerprint density at radius 1 is 1.25 bits per heavy atom. The summed E-state index contributed by atoms with van der Waals surface area (Å²) in [4.78, 5) is 11.3. The van der Waals surface area contributed by atoms with Crippen LogP contribution in [0.25, 0.3) is 0 Å². The van der Waals surface area contributed by atoms with Crippen LogP contribution in [0.2, 0.25) is 10.0 Å². The van der Waals surface area contributed by atoms with Gasteiger partial charge >= 0.3 is 0 Å². The SMILES string of the molecule is Cc1c(NCc2ccc(Cl)cc2Cl)cccc1C(N)=O. The highest BCUT2D eigenvalue weighted by Crippen LogP contribution is 2.23. The van der Waals surface area contributed by atoms with Crippen LogP contribution in [-0.2, 0) is 6.54 Å². The van der Waals surface area contributed by atoms with Crippen molar-refractivity contribution in [3.05, 3.63) is 63.1 Å². The van der Waals surface area contributed by atoms with E-state index in [0.717, 1.165) is 16.8 Å². The molecule has 0 aliphatic rings. The molecular formula is C15H14Cl2N2O. The Hall–Kier alpha value is -1.71. The van der Waals surface area contributed by atoms with Crippen LogP contribution in [0, 0.1) is 6.92 Å². The van der Waals surface area contributed by atoms with E-state index in [9.17, 15) is 4.79 Å². The number of hydrogen-bond donors (Lipinski definition) is 2. The summed E-state index contributed by atoms with van der Waals surface area (Å²) >= 11 is 12.0. The van der Waals surface area contributed by atoms with Crippen LogP contribution >= 0.6 is 23.2 Å². The topological polar surface area (TPSA) is 55.1 Å². The zero-order valence-electron chi connectivity index (χ0n) is 10.9. The number of hydrogen-bond acceptors (Lipinski definition) is 2. The fourth-order valence-electron chi connectivity index (χ4n) is 1.95. The molecule has 0 radical (unpaired) electrons. The van der Waals surface area contributed by atoms with Crippen molar-refractivity contribution in [1.82, 2.24) is 0 Å². The minimum atomic E-state index is -0.435. The normalized spacial score (nSPS) is 10.3. The van der Waals surface area contributed by atoms with Gasteiger partial charge in [-0.05, 0) is 42.3 Å². The molecule has 3 nitrogen and oxygen atoms in total. The average molecular weight is 309 g/mol. The maximum atomic E-state index is 11.3. The Bertz CT molecular complexity index is 656. The molecule has 0 aliphatic heterocycles. The summed E-state index contributed by atoms with van der Waals surface area (Å²) in [6, 6.07) is 10.7. The van der Waals surface area contributed by atoms with Crippen molar-refractivity contribution in [2.75, 3.05) is 5.32 Å². The predicted molar refractivity (Wildman–Crippen MR) is 83.5 cm³/mol. The third-order valence-corrected chi connectivity index (χ3v) is 3.67. The van der Waals surface area contributed by atoms with Gasteiger partial charge in [0.2, 0.25) is 5.91 Å². The minimum absolute atomic E-state index is 0.435. The van der Waals surface area contributed by atoms with Crippen LogP contribution in [0.1, 0.15) is 21.5 Å². The highest BCUT2D eigenvalue weighted by molar-refractivity contribution is 6.35. The minimum Gasteiger partial charge on any atom is -0.381 e. The first kappa shape index (κ1) is 14.7. The summed E-state index contributed by atoms with van der Waals surface area (Å²) in [5, 5.41) is 4.46. The number of nitrogens with one attached hydrogen (secondary N) is 1. The van der Waals surface area contributed by atoms with Crippen molar-refractivity contribution < 1.29 is 4.79 Å². The van der Waals surface area contributed by atoms with Gasteiger partial charge in [-0.1, -0.05) is 35.3 Å². The second-order valence-corrected chi connectivity index (χ2v) is 5.28. The van der Waals surface area contributed by atoms with E-state index in [4.69, 9.17) is 28.9 Å². The van der Waals surface area contributed by atoms with Gasteiger partial charge in [0.1, 0.15) is 0 Å². The second-order valence-electron chi connectivity index (χ2n) is 4.43. The lowest BCUT2D eigenvalue weighted by Gasteiger charge is -2.12. The number of amides is 1. The molecule has 0 aromatic heterocycles. The molecule has 0 spiro atoms. The highest BCUT2D eigenvalue weighted by Gasteiger charge is 2.08. The van der Waals surface area contributed by atoms with E-state index >= 15 is 0 Å². The monoisotopic (exact) mass is 308 g/mol. The molecule has 0 aliphatic carbocycles. The molecule has 0 fully saturated rings. The largest absolute Gasteiger partial charge is 0.381 e. The van der Waals surface area contributed by atoms with Crippen LogP contribution in [0.15, 0.2) is 36.4 Å². The van der Waals surface area contributed by atoms with Gasteiger partial charge in [-0.25, -0.2) is 0 Å². The molecule has 0 saturated heterocycles. The van der Waals surface area contributed by atoms with E-state index in [1.54, 1.807) is 24.3 Å². The lowest BCUT2D eigenvalue weighted by Crippen LogP contribution is -2.14. The summed E-state index contributed by atoms with van der Waals surface area (Å²) in [6.45, 7) is 2.39. The molecule has 20 heavy (non-hydrogen) atoms. The van der Waals surface area contributed by atoms with Crippen molar-refractivity contribution in [2.45, 2.75) is 13.5 Å². The molecule has 104 valence electrons. The van der Waals surface area contributed by atoms with E-state index in [1.165, 1.54) is 0 Å². The molecule has 2 aromatic rings. The van der Waals surface area contributed by atoms with Gasteiger partial charge in [0.05, 0.1) is 0 Å². The van der Waals surface area contributed by atoms with Crippen LogP contribution in [0.3, 0.4) is 0 Å². The summed E-state index contributed by atoms with van der Waals surface area (Å²) in [7, 11) is 0. The third kappa shape index (κ3) is 3.24. The van der Waals surface area contributed by atoms with Crippen molar-refractivity contribution in [1.29, 1.82) is 0 Å². The smallest absolute Gasteiger partial charge is 0.249 e.